The molecule has 4 heteroatoms. The Balaban J connectivity index is 2.16. The molecule has 0 saturated heterocycles. The predicted molar refractivity (Wildman–Crippen MR) is 73.0 cm³/mol. The fourth-order valence-corrected chi connectivity index (χ4v) is 1.69. The molecule has 2 aromatic carbocycles. The Morgan fingerprint density at radius 2 is 1.79 bits per heavy atom. The van der Waals surface area contributed by atoms with Crippen LogP contribution in [0.5, 0.6) is 5.75 Å². The molecule has 4 nitrogen and oxygen atoms in total. The summed E-state index contributed by atoms with van der Waals surface area (Å²) in [4.78, 5) is 11.6. The van der Waals surface area contributed by atoms with E-state index in [-0.39, 0.29) is 0 Å². The Kier molecular flexibility index (Phi) is 4.03. The van der Waals surface area contributed by atoms with Gasteiger partial charge in [0.15, 0.2) is 0 Å². The topological polar surface area (TPSA) is 61.5 Å². The van der Waals surface area contributed by atoms with E-state index < -0.39 is 5.97 Å². The second kappa shape index (κ2) is 5.91. The van der Waals surface area contributed by atoms with E-state index >= 15 is 0 Å². The van der Waals surface area contributed by atoms with E-state index in [1.54, 1.807) is 24.3 Å². The average molecular weight is 257 g/mol. The zero-order chi connectivity index (χ0) is 13.7. The molecule has 0 unspecified atom stereocenters. The van der Waals surface area contributed by atoms with Crippen LogP contribution in [0.2, 0.25) is 0 Å². The first-order valence-electron chi connectivity index (χ1n) is 5.86. The molecule has 19 heavy (non-hydrogen) atoms. The van der Waals surface area contributed by atoms with Crippen LogP contribution < -0.4 is 10.5 Å². The summed E-state index contributed by atoms with van der Waals surface area (Å²) in [5.41, 5.74) is 7.78. The standard InChI is InChI=1S/C15H15NO3/c1-18-15(17)12-7-3-5-9-14(12)19-10-11-6-2-4-8-13(11)16/h2-9H,10,16H2,1H3. The van der Waals surface area contributed by atoms with Crippen LogP contribution in [0.3, 0.4) is 0 Å². The summed E-state index contributed by atoms with van der Waals surface area (Å²) in [6, 6.07) is 14.4. The maximum Gasteiger partial charge on any atom is 0.341 e. The van der Waals surface area contributed by atoms with E-state index in [1.165, 1.54) is 7.11 Å². The fourth-order valence-electron chi connectivity index (χ4n) is 1.69. The monoisotopic (exact) mass is 257 g/mol. The van der Waals surface area contributed by atoms with Crippen molar-refractivity contribution in [2.75, 3.05) is 12.8 Å². The molecule has 0 amide bonds. The molecule has 2 rings (SSSR count). The first-order valence-corrected chi connectivity index (χ1v) is 5.86. The maximum atomic E-state index is 11.6. The molecule has 0 fully saturated rings. The second-order valence-corrected chi connectivity index (χ2v) is 3.98. The summed E-state index contributed by atoms with van der Waals surface area (Å²) < 4.78 is 10.4. The molecule has 0 aliphatic heterocycles. The van der Waals surface area contributed by atoms with Crippen molar-refractivity contribution in [3.63, 3.8) is 0 Å². The number of methoxy groups -OCH3 is 1. The van der Waals surface area contributed by atoms with Gasteiger partial charge in [0.1, 0.15) is 17.9 Å². The van der Waals surface area contributed by atoms with Crippen LogP contribution in [-0.4, -0.2) is 13.1 Å². The molecule has 0 saturated carbocycles. The molecule has 98 valence electrons. The molecule has 0 radical (unpaired) electrons. The number of benzene rings is 2. The normalized spacial score (nSPS) is 9.95. The summed E-state index contributed by atoms with van der Waals surface area (Å²) in [5, 5.41) is 0. The van der Waals surface area contributed by atoms with E-state index in [1.807, 2.05) is 24.3 Å². The Bertz CT molecular complexity index is 581. The third-order valence-electron chi connectivity index (χ3n) is 2.73. The highest BCUT2D eigenvalue weighted by atomic mass is 16.5. The van der Waals surface area contributed by atoms with E-state index in [2.05, 4.69) is 0 Å². The molecule has 0 spiro atoms. The molecule has 0 aliphatic carbocycles. The van der Waals surface area contributed by atoms with E-state index in [0.717, 1.165) is 5.56 Å². The minimum absolute atomic E-state index is 0.306. The summed E-state index contributed by atoms with van der Waals surface area (Å²) in [7, 11) is 1.34. The SMILES string of the molecule is COC(=O)c1ccccc1OCc1ccccc1N. The van der Waals surface area contributed by atoms with Crippen LogP contribution in [0.1, 0.15) is 15.9 Å². The number of rotatable bonds is 4. The fraction of sp³-hybridized carbons (Fsp3) is 0.133. The van der Waals surface area contributed by atoms with Gasteiger partial charge in [-0.25, -0.2) is 4.79 Å². The van der Waals surface area contributed by atoms with Crippen molar-refractivity contribution in [1.82, 2.24) is 0 Å². The highest BCUT2D eigenvalue weighted by Gasteiger charge is 2.12. The van der Waals surface area contributed by atoms with Gasteiger partial charge in [-0.3, -0.25) is 0 Å². The molecular weight excluding hydrogens is 242 g/mol. The number of esters is 1. The number of hydrogen-bond acceptors (Lipinski definition) is 4. The average Bonchev–Trinajstić information content (AvgIpc) is 2.46. The summed E-state index contributed by atoms with van der Waals surface area (Å²) >= 11 is 0. The lowest BCUT2D eigenvalue weighted by molar-refractivity contribution is 0.0595. The largest absolute Gasteiger partial charge is 0.488 e. The van der Waals surface area contributed by atoms with Crippen molar-refractivity contribution in [1.29, 1.82) is 0 Å². The smallest absolute Gasteiger partial charge is 0.341 e. The van der Waals surface area contributed by atoms with Crippen LogP contribution in [0.15, 0.2) is 48.5 Å². The molecule has 0 atom stereocenters. The van der Waals surface area contributed by atoms with E-state index in [0.29, 0.717) is 23.6 Å². The van der Waals surface area contributed by atoms with Gasteiger partial charge in [0.2, 0.25) is 0 Å². The highest BCUT2D eigenvalue weighted by molar-refractivity contribution is 5.92. The predicted octanol–water partition coefficient (Wildman–Crippen LogP) is 2.63. The maximum absolute atomic E-state index is 11.6. The Hall–Kier alpha value is -2.49. The van der Waals surface area contributed by atoms with Gasteiger partial charge in [-0.15, -0.1) is 0 Å². The molecular formula is C15H15NO3. The Morgan fingerprint density at radius 1 is 1.11 bits per heavy atom. The van der Waals surface area contributed by atoms with Crippen LogP contribution in [0.25, 0.3) is 0 Å². The summed E-state index contributed by atoms with van der Waals surface area (Å²) in [6.07, 6.45) is 0. The summed E-state index contributed by atoms with van der Waals surface area (Å²) in [6.45, 7) is 0.306. The van der Waals surface area contributed by atoms with Crippen LogP contribution >= 0.6 is 0 Å². The zero-order valence-corrected chi connectivity index (χ0v) is 10.6. The van der Waals surface area contributed by atoms with Crippen LogP contribution in [0, 0.1) is 0 Å². The number of hydrogen-bond donors (Lipinski definition) is 1. The number of carbonyl (C=O) groups excluding carboxylic acids is 1. The molecule has 2 N–H and O–H groups in total. The van der Waals surface area contributed by atoms with Gasteiger partial charge in [-0.2, -0.15) is 0 Å². The van der Waals surface area contributed by atoms with E-state index in [9.17, 15) is 4.79 Å². The van der Waals surface area contributed by atoms with Crippen molar-refractivity contribution < 1.29 is 14.3 Å². The minimum atomic E-state index is -0.420. The van der Waals surface area contributed by atoms with Crippen molar-refractivity contribution in [2.45, 2.75) is 6.61 Å². The van der Waals surface area contributed by atoms with Crippen molar-refractivity contribution in [3.05, 3.63) is 59.7 Å². The van der Waals surface area contributed by atoms with Crippen LogP contribution in [0.4, 0.5) is 5.69 Å². The number of anilines is 1. The van der Waals surface area contributed by atoms with Crippen molar-refractivity contribution in [2.24, 2.45) is 0 Å². The first kappa shape index (κ1) is 13.0. The highest BCUT2D eigenvalue weighted by Crippen LogP contribution is 2.21. The summed E-state index contributed by atoms with van der Waals surface area (Å²) in [5.74, 6) is 0.0641. The minimum Gasteiger partial charge on any atom is -0.488 e. The number of nitrogen functional groups attached to an aromatic ring is 1. The quantitative estimate of drug-likeness (QED) is 0.675. The molecule has 0 aliphatic rings. The number of carbonyl (C=O) groups is 1. The molecule has 0 heterocycles. The zero-order valence-electron chi connectivity index (χ0n) is 10.6. The second-order valence-electron chi connectivity index (χ2n) is 3.98. The molecule has 2 aromatic rings. The van der Waals surface area contributed by atoms with Gasteiger partial charge >= 0.3 is 5.97 Å². The van der Waals surface area contributed by atoms with Gasteiger partial charge < -0.3 is 15.2 Å². The van der Waals surface area contributed by atoms with Crippen LogP contribution in [-0.2, 0) is 11.3 Å². The Morgan fingerprint density at radius 3 is 2.53 bits per heavy atom. The van der Waals surface area contributed by atoms with Gasteiger partial charge in [0.05, 0.1) is 7.11 Å². The third kappa shape index (κ3) is 3.04. The van der Waals surface area contributed by atoms with Gasteiger partial charge in [0.25, 0.3) is 0 Å². The van der Waals surface area contributed by atoms with Gasteiger partial charge in [-0.05, 0) is 18.2 Å². The third-order valence-corrected chi connectivity index (χ3v) is 2.73. The number of nitrogens with two attached hydrogens (primary N) is 1. The van der Waals surface area contributed by atoms with Gasteiger partial charge in [0, 0.05) is 11.3 Å². The van der Waals surface area contributed by atoms with E-state index in [4.69, 9.17) is 15.2 Å². The van der Waals surface area contributed by atoms with Crippen molar-refractivity contribution >= 4 is 11.7 Å². The van der Waals surface area contributed by atoms with Gasteiger partial charge in [-0.1, -0.05) is 30.3 Å². The van der Waals surface area contributed by atoms with Crippen molar-refractivity contribution in [3.8, 4) is 5.75 Å². The number of para-hydroxylation sites is 2. The molecule has 0 aromatic heterocycles. The molecule has 0 bridgehead atoms. The first-order chi connectivity index (χ1) is 9.22. The lowest BCUT2D eigenvalue weighted by Gasteiger charge is -2.11. The Labute approximate surface area is 111 Å². The lowest BCUT2D eigenvalue weighted by Crippen LogP contribution is -2.06. The lowest BCUT2D eigenvalue weighted by atomic mass is 10.2. The number of ether oxygens (including phenoxy) is 2.